The molecule has 1 unspecified atom stereocenters. The Kier molecular flexibility index (Phi) is 17.0. The fourth-order valence-electron chi connectivity index (χ4n) is 5.28. The van der Waals surface area contributed by atoms with Crippen LogP contribution in [-0.4, -0.2) is 61.5 Å². The first-order valence-corrected chi connectivity index (χ1v) is 17.0. The molecule has 0 aliphatic heterocycles. The van der Waals surface area contributed by atoms with Gasteiger partial charge in [0.1, 0.15) is 5.75 Å². The predicted octanol–water partition coefficient (Wildman–Crippen LogP) is 7.38. The van der Waals surface area contributed by atoms with Gasteiger partial charge >= 0.3 is 0 Å². The summed E-state index contributed by atoms with van der Waals surface area (Å²) in [6.45, 7) is 14.8. The van der Waals surface area contributed by atoms with E-state index in [4.69, 9.17) is 9.62 Å². The minimum Gasteiger partial charge on any atom is -0.662 e. The molecular weight excluding hydrogens is 689 g/mol. The second-order valence-corrected chi connectivity index (χ2v) is 14.2. The van der Waals surface area contributed by atoms with Crippen molar-refractivity contribution < 1.29 is 46.0 Å². The zero-order valence-electron chi connectivity index (χ0n) is 30.7. The number of methoxy groups -OCH3 is 1. The van der Waals surface area contributed by atoms with Crippen LogP contribution in [0.1, 0.15) is 59.9 Å². The van der Waals surface area contributed by atoms with Crippen molar-refractivity contribution in [3.8, 4) is 5.75 Å². The van der Waals surface area contributed by atoms with Crippen LogP contribution in [0.5, 0.6) is 5.75 Å². The molecule has 9 nitrogen and oxygen atoms in total. The Hall–Kier alpha value is -4.06. The number of ketones is 3. The van der Waals surface area contributed by atoms with Gasteiger partial charge in [0, 0.05) is 64.4 Å². The summed E-state index contributed by atoms with van der Waals surface area (Å²) in [5.74, 6) is 0.621. The fraction of sp³-hybridized carbons (Fsp3) is 0.390. The van der Waals surface area contributed by atoms with Gasteiger partial charge < -0.3 is 20.7 Å². The summed E-state index contributed by atoms with van der Waals surface area (Å²) in [5.41, 5.74) is 1.34. The smallest absolute Gasteiger partial charge is 0.199 e. The van der Waals surface area contributed by atoms with E-state index in [-0.39, 0.29) is 39.5 Å². The molecule has 0 fully saturated rings. The Balaban J connectivity index is 0.000000347. The Labute approximate surface area is 313 Å². The quantitative estimate of drug-likeness (QED) is 0.0828. The summed E-state index contributed by atoms with van der Waals surface area (Å²) >= 11 is 0. The molecule has 0 saturated carbocycles. The Morgan fingerprint density at radius 2 is 1.27 bits per heavy atom. The van der Waals surface area contributed by atoms with Crippen LogP contribution in [0.4, 0.5) is 0 Å². The third-order valence-electron chi connectivity index (χ3n) is 8.36. The second-order valence-electron chi connectivity index (χ2n) is 14.2. The van der Waals surface area contributed by atoms with Crippen LogP contribution >= 0.6 is 0 Å². The van der Waals surface area contributed by atoms with Crippen LogP contribution in [0.25, 0.3) is 10.9 Å². The van der Waals surface area contributed by atoms with Crippen molar-refractivity contribution in [3.05, 3.63) is 125 Å². The third-order valence-corrected chi connectivity index (χ3v) is 8.36. The number of allylic oxidation sites excluding steroid dienone is 12. The number of hydrogen-bond donors (Lipinski definition) is 3. The largest absolute Gasteiger partial charge is 0.662 e. The van der Waals surface area contributed by atoms with Crippen molar-refractivity contribution in [1.29, 1.82) is 0 Å². The number of hydrogen-bond acceptors (Lipinski definition) is 8. The monoisotopic (exact) mass is 741 g/mol. The summed E-state index contributed by atoms with van der Waals surface area (Å²) in [6.07, 6.45) is 22.9. The molecule has 0 bridgehead atoms. The summed E-state index contributed by atoms with van der Waals surface area (Å²) in [4.78, 5) is 41.1. The Morgan fingerprint density at radius 1 is 0.784 bits per heavy atom. The predicted molar refractivity (Wildman–Crippen MR) is 200 cm³/mol. The van der Waals surface area contributed by atoms with Gasteiger partial charge in [0.25, 0.3) is 0 Å². The van der Waals surface area contributed by atoms with Gasteiger partial charge in [0.05, 0.1) is 7.11 Å². The van der Waals surface area contributed by atoms with Crippen LogP contribution < -0.4 is 15.4 Å². The van der Waals surface area contributed by atoms with E-state index in [0.29, 0.717) is 16.7 Å². The topological polar surface area (TPSA) is 128 Å². The SMILES string of the molecule is COc1ccc(C2=CC(OO)(C(C)(C)C)C(=O)C(C(C)(C)C)=C2)cc1.O=C1C=CC=C/C1=C/NCCC[N-]CCCN/C=C1/C=CC=CC1=O.[Co]. The van der Waals surface area contributed by atoms with E-state index in [1.165, 1.54) is 0 Å². The molecule has 1 atom stereocenters. The molecule has 1 aromatic carbocycles. The van der Waals surface area contributed by atoms with Gasteiger partial charge in [-0.1, -0.05) is 90.8 Å². The fourth-order valence-corrected chi connectivity index (χ4v) is 5.28. The van der Waals surface area contributed by atoms with Crippen LogP contribution in [0, 0.1) is 10.8 Å². The summed E-state index contributed by atoms with van der Waals surface area (Å²) in [6, 6.07) is 7.61. The zero-order chi connectivity index (χ0) is 36.8. The summed E-state index contributed by atoms with van der Waals surface area (Å²) in [7, 11) is 1.62. The number of ether oxygens (including phenoxy) is 1. The Morgan fingerprint density at radius 3 is 1.69 bits per heavy atom. The van der Waals surface area contributed by atoms with E-state index in [1.54, 1.807) is 62.0 Å². The van der Waals surface area contributed by atoms with Crippen molar-refractivity contribution in [3.63, 3.8) is 0 Å². The van der Waals surface area contributed by atoms with Gasteiger partial charge in [-0.15, -0.1) is 13.1 Å². The van der Waals surface area contributed by atoms with Crippen molar-refractivity contribution in [2.24, 2.45) is 10.8 Å². The molecule has 3 N–H and O–H groups in total. The van der Waals surface area contributed by atoms with Crippen LogP contribution in [0.2, 0.25) is 0 Å². The number of Topliss-reactive ketones (excluding diaryl/α,β-unsaturated/α-hetero) is 1. The van der Waals surface area contributed by atoms with Crippen LogP contribution in [0.15, 0.2) is 114 Å². The van der Waals surface area contributed by atoms with Crippen LogP contribution in [-0.2, 0) is 36.0 Å². The first-order chi connectivity index (χ1) is 23.7. The second kappa shape index (κ2) is 20.1. The minimum absolute atomic E-state index is 0. The molecular formula is C41H52CoN3O6-. The van der Waals surface area contributed by atoms with Crippen LogP contribution in [0.3, 0.4) is 0 Å². The molecule has 10 heteroatoms. The average molecular weight is 742 g/mol. The average Bonchev–Trinajstić information content (AvgIpc) is 3.08. The number of rotatable bonds is 13. The van der Waals surface area contributed by atoms with Gasteiger partial charge in [-0.05, 0) is 65.1 Å². The summed E-state index contributed by atoms with van der Waals surface area (Å²) in [5, 5.41) is 20.5. The van der Waals surface area contributed by atoms with E-state index in [2.05, 4.69) is 16.0 Å². The van der Waals surface area contributed by atoms with E-state index in [1.807, 2.05) is 84.0 Å². The molecule has 3 aliphatic rings. The Bertz CT molecular complexity index is 1560. The van der Waals surface area contributed by atoms with Crippen molar-refractivity contribution in [1.82, 2.24) is 10.6 Å². The van der Waals surface area contributed by atoms with Crippen molar-refractivity contribution >= 4 is 22.9 Å². The van der Waals surface area contributed by atoms with Gasteiger partial charge in [-0.3, -0.25) is 19.6 Å². The molecule has 0 heterocycles. The molecule has 3 aliphatic carbocycles. The normalized spacial score (nSPS) is 20.0. The number of carbonyl (C=O) groups is 3. The summed E-state index contributed by atoms with van der Waals surface area (Å²) < 4.78 is 5.21. The molecule has 0 aromatic heterocycles. The maximum absolute atomic E-state index is 13.2. The standard InChI is InChI=1S/C21H28O4.C20H24N3O2.Co/c1-19(2,3)17-12-15(14-8-10-16(24-7)11-9-14)13-21(25-23,18(17)22)20(4,5)6;24-19-9-3-1-7-17(19)15-22-13-5-11-21-12-6-14-23-16-18-8-2-4-10-20(18)25;/h8-13,23H,1-7H3;1-4,7-10,15-16,22-23H,5-6,11-14H2;/q;-1;/b;17-15-,18-16-;. The molecule has 1 aromatic rings. The van der Waals surface area contributed by atoms with Gasteiger partial charge in [-0.25, -0.2) is 4.89 Å². The molecule has 1 radical (unpaired) electrons. The third kappa shape index (κ3) is 12.3. The molecule has 0 spiro atoms. The maximum Gasteiger partial charge on any atom is 0.199 e. The van der Waals surface area contributed by atoms with Crippen molar-refractivity contribution in [2.75, 3.05) is 33.3 Å². The number of carbonyl (C=O) groups excluding carboxylic acids is 3. The van der Waals surface area contributed by atoms with Gasteiger partial charge in [-0.2, -0.15) is 0 Å². The van der Waals surface area contributed by atoms with E-state index >= 15 is 0 Å². The zero-order valence-corrected chi connectivity index (χ0v) is 31.8. The van der Waals surface area contributed by atoms with Gasteiger partial charge in [0.2, 0.25) is 0 Å². The van der Waals surface area contributed by atoms with E-state index in [0.717, 1.165) is 55.9 Å². The van der Waals surface area contributed by atoms with Gasteiger partial charge in [0.15, 0.2) is 23.0 Å². The molecule has 0 amide bonds. The first-order valence-electron chi connectivity index (χ1n) is 17.0. The molecule has 277 valence electrons. The first kappa shape index (κ1) is 43.1. The van der Waals surface area contributed by atoms with E-state index < -0.39 is 11.0 Å². The number of nitrogens with one attached hydrogen (secondary N) is 2. The number of nitrogens with zero attached hydrogens (tertiary/aromatic N) is 1. The molecule has 51 heavy (non-hydrogen) atoms. The molecule has 4 rings (SSSR count). The molecule has 0 saturated heterocycles. The maximum atomic E-state index is 13.2. The van der Waals surface area contributed by atoms with Crippen molar-refractivity contribution in [2.45, 2.75) is 60.0 Å². The minimum atomic E-state index is -1.43. The number of benzene rings is 1. The van der Waals surface area contributed by atoms with E-state index in [9.17, 15) is 19.6 Å².